The number of hydrogen-bond donors (Lipinski definition) is 1. The van der Waals surface area contributed by atoms with Crippen LogP contribution in [0.15, 0.2) is 0 Å². The molecule has 1 amide bonds. The average Bonchev–Trinajstić information content (AvgIpc) is 2.74. The third-order valence-electron chi connectivity index (χ3n) is 6.76. The van der Waals surface area contributed by atoms with Crippen molar-refractivity contribution in [3.63, 3.8) is 0 Å². The normalized spacial score (nSPS) is 15.4. The van der Waals surface area contributed by atoms with Crippen molar-refractivity contribution in [1.82, 2.24) is 5.32 Å². The fraction of sp³-hybridized carbons (Fsp3) is 0.962. The lowest BCUT2D eigenvalue weighted by Crippen LogP contribution is -3.00. The molecule has 0 aromatic heterocycles. The van der Waals surface area contributed by atoms with Crippen LogP contribution in [0.1, 0.15) is 116 Å². The molecule has 1 N–H and O–H groups in total. The number of morpholine rings is 1. The highest BCUT2D eigenvalue weighted by Crippen LogP contribution is 2.13. The zero-order valence-corrected chi connectivity index (χ0v) is 21.7. The molecule has 0 aromatic rings. The second-order valence-corrected chi connectivity index (χ2v) is 9.81. The third kappa shape index (κ3) is 18.9. The molecule has 186 valence electrons. The Balaban J connectivity index is 0.00000900. The lowest BCUT2D eigenvalue weighted by Gasteiger charge is -2.37. The molecule has 1 aliphatic rings. The van der Waals surface area contributed by atoms with Crippen molar-refractivity contribution in [2.24, 2.45) is 0 Å². The van der Waals surface area contributed by atoms with Gasteiger partial charge in [0.25, 0.3) is 0 Å². The van der Waals surface area contributed by atoms with Crippen molar-refractivity contribution < 1.29 is 26.4 Å². The molecule has 1 saturated heterocycles. The number of hydrogen-bond acceptors (Lipinski definition) is 2. The molecule has 31 heavy (non-hydrogen) atoms. The van der Waals surface area contributed by atoms with Crippen LogP contribution in [0.3, 0.4) is 0 Å². The van der Waals surface area contributed by atoms with Gasteiger partial charge in [-0.3, -0.25) is 4.79 Å². The molecular formula is C26H53ClN2O2. The van der Waals surface area contributed by atoms with Crippen LogP contribution < -0.4 is 17.7 Å². The summed E-state index contributed by atoms with van der Waals surface area (Å²) in [6, 6.07) is 0. The zero-order chi connectivity index (χ0) is 21.8. The Morgan fingerprint density at radius 2 is 1.19 bits per heavy atom. The number of nitrogens with one attached hydrogen (secondary N) is 1. The van der Waals surface area contributed by atoms with Gasteiger partial charge in [-0.25, -0.2) is 0 Å². The Hall–Kier alpha value is -0.320. The van der Waals surface area contributed by atoms with Crippen LogP contribution in [-0.4, -0.2) is 56.8 Å². The number of rotatable bonds is 20. The summed E-state index contributed by atoms with van der Waals surface area (Å²) in [4.78, 5) is 12.0. The molecule has 0 spiro atoms. The van der Waals surface area contributed by atoms with Crippen molar-refractivity contribution in [1.29, 1.82) is 0 Å². The predicted molar refractivity (Wildman–Crippen MR) is 129 cm³/mol. The van der Waals surface area contributed by atoms with Crippen molar-refractivity contribution in [2.75, 3.05) is 46.4 Å². The number of amides is 1. The predicted octanol–water partition coefficient (Wildman–Crippen LogP) is 3.24. The van der Waals surface area contributed by atoms with Gasteiger partial charge in [0.05, 0.1) is 26.8 Å². The summed E-state index contributed by atoms with van der Waals surface area (Å²) >= 11 is 0. The second-order valence-electron chi connectivity index (χ2n) is 9.81. The number of likely N-dealkylation sites (N-methyl/N-ethyl adjacent to an activating group) is 1. The summed E-state index contributed by atoms with van der Waals surface area (Å²) in [5.41, 5.74) is 0. The second kappa shape index (κ2) is 21.5. The fourth-order valence-electron chi connectivity index (χ4n) is 4.44. The molecule has 1 heterocycles. The maximum atomic E-state index is 12.0. The Bertz CT molecular complexity index is 401. The first-order valence-corrected chi connectivity index (χ1v) is 13.3. The van der Waals surface area contributed by atoms with E-state index in [-0.39, 0.29) is 18.3 Å². The molecule has 4 nitrogen and oxygen atoms in total. The van der Waals surface area contributed by atoms with Crippen LogP contribution in [0.25, 0.3) is 0 Å². The maximum Gasteiger partial charge on any atom is 0.219 e. The molecule has 1 fully saturated rings. The highest BCUT2D eigenvalue weighted by atomic mass is 35.5. The van der Waals surface area contributed by atoms with Gasteiger partial charge in [-0.2, -0.15) is 0 Å². The van der Waals surface area contributed by atoms with Crippen LogP contribution in [0.4, 0.5) is 0 Å². The lowest BCUT2D eigenvalue weighted by atomic mass is 10.0. The molecule has 0 bridgehead atoms. The first-order valence-electron chi connectivity index (χ1n) is 13.3. The van der Waals surface area contributed by atoms with Gasteiger partial charge in [0, 0.05) is 19.4 Å². The zero-order valence-electron chi connectivity index (χ0n) is 20.9. The van der Waals surface area contributed by atoms with Crippen LogP contribution in [-0.2, 0) is 9.53 Å². The van der Waals surface area contributed by atoms with E-state index in [0.29, 0.717) is 6.42 Å². The van der Waals surface area contributed by atoms with E-state index in [4.69, 9.17) is 4.74 Å². The number of ether oxygens (including phenoxy) is 1. The van der Waals surface area contributed by atoms with E-state index < -0.39 is 0 Å². The summed E-state index contributed by atoms with van der Waals surface area (Å²) in [6.07, 6.45) is 22.3. The van der Waals surface area contributed by atoms with Crippen LogP contribution >= 0.6 is 0 Å². The molecule has 1 aliphatic heterocycles. The van der Waals surface area contributed by atoms with Gasteiger partial charge in [0.15, 0.2) is 0 Å². The Labute approximate surface area is 200 Å². The minimum atomic E-state index is 0. The van der Waals surface area contributed by atoms with Gasteiger partial charge < -0.3 is 26.9 Å². The number of halogens is 1. The quantitative estimate of drug-likeness (QED) is 0.224. The summed E-state index contributed by atoms with van der Waals surface area (Å²) in [5, 5.41) is 3.11. The van der Waals surface area contributed by atoms with E-state index in [0.717, 1.165) is 56.7 Å². The van der Waals surface area contributed by atoms with E-state index >= 15 is 0 Å². The number of unbranched alkanes of at least 4 members (excludes halogenated alkanes) is 14. The van der Waals surface area contributed by atoms with Crippen LogP contribution in [0.2, 0.25) is 0 Å². The maximum absolute atomic E-state index is 12.0. The molecule has 0 saturated carbocycles. The molecular weight excluding hydrogens is 408 g/mol. The van der Waals surface area contributed by atoms with Gasteiger partial charge in [0.1, 0.15) is 13.1 Å². The highest BCUT2D eigenvalue weighted by Gasteiger charge is 2.24. The monoisotopic (exact) mass is 460 g/mol. The Morgan fingerprint density at radius 3 is 1.68 bits per heavy atom. The van der Waals surface area contributed by atoms with Crippen molar-refractivity contribution in [2.45, 2.75) is 116 Å². The van der Waals surface area contributed by atoms with E-state index in [1.807, 2.05) is 0 Å². The van der Waals surface area contributed by atoms with Crippen LogP contribution in [0.5, 0.6) is 0 Å². The number of nitrogens with zero attached hydrogens (tertiary/aromatic N) is 1. The Kier molecular flexibility index (Phi) is 21.3. The van der Waals surface area contributed by atoms with E-state index in [1.54, 1.807) is 0 Å². The minimum Gasteiger partial charge on any atom is -1.00 e. The topological polar surface area (TPSA) is 38.3 Å². The molecule has 0 unspecified atom stereocenters. The van der Waals surface area contributed by atoms with Gasteiger partial charge in [-0.15, -0.1) is 0 Å². The van der Waals surface area contributed by atoms with Gasteiger partial charge in [-0.1, -0.05) is 96.8 Å². The molecule has 0 radical (unpaired) electrons. The van der Waals surface area contributed by atoms with Crippen molar-refractivity contribution in [3.05, 3.63) is 0 Å². The lowest BCUT2D eigenvalue weighted by molar-refractivity contribution is -0.916. The smallest absolute Gasteiger partial charge is 0.219 e. The summed E-state index contributed by atoms with van der Waals surface area (Å²) in [5.74, 6) is 0.245. The summed E-state index contributed by atoms with van der Waals surface area (Å²) in [6.45, 7) is 8.21. The number of quaternary nitrogens is 1. The van der Waals surface area contributed by atoms with Crippen molar-refractivity contribution in [3.8, 4) is 0 Å². The van der Waals surface area contributed by atoms with Gasteiger partial charge in [-0.05, 0) is 6.42 Å². The summed E-state index contributed by atoms with van der Waals surface area (Å²) in [7, 11) is 2.31. The van der Waals surface area contributed by atoms with E-state index in [1.165, 1.54) is 89.9 Å². The van der Waals surface area contributed by atoms with Crippen molar-refractivity contribution >= 4 is 5.91 Å². The third-order valence-corrected chi connectivity index (χ3v) is 6.76. The van der Waals surface area contributed by atoms with Gasteiger partial charge in [0.2, 0.25) is 5.91 Å². The van der Waals surface area contributed by atoms with E-state index in [2.05, 4.69) is 19.3 Å². The number of carbonyl (C=O) groups excluding carboxylic acids is 1. The first kappa shape index (κ1) is 30.7. The van der Waals surface area contributed by atoms with Gasteiger partial charge >= 0.3 is 0 Å². The molecule has 5 heteroatoms. The molecule has 0 aromatic carbocycles. The first-order chi connectivity index (χ1) is 14.7. The molecule has 0 aliphatic carbocycles. The Morgan fingerprint density at radius 1 is 0.742 bits per heavy atom. The molecule has 1 rings (SSSR count). The fourth-order valence-corrected chi connectivity index (χ4v) is 4.44. The highest BCUT2D eigenvalue weighted by molar-refractivity contribution is 5.75. The average molecular weight is 461 g/mol. The summed E-state index contributed by atoms with van der Waals surface area (Å²) < 4.78 is 6.54. The standard InChI is InChI=1S/C26H52N2O2.ClH/c1-3-4-5-6-7-8-9-10-11-12-13-14-15-16-17-19-26(29)27-20-18-21-28(2)22-24-30-25-23-28;/h3-25H2,1-2H3;1H. The SMILES string of the molecule is CCCCCCCCCCCCCCCCCC(=O)NCCC[N+]1(C)CCOCC1.[Cl-]. The van der Waals surface area contributed by atoms with E-state index in [9.17, 15) is 4.79 Å². The number of carbonyl (C=O) groups is 1. The largest absolute Gasteiger partial charge is 1.00 e. The van der Waals surface area contributed by atoms with Crippen LogP contribution in [0, 0.1) is 0 Å². The molecule has 0 atom stereocenters. The minimum absolute atomic E-state index is 0.